The summed E-state index contributed by atoms with van der Waals surface area (Å²) in [5.41, 5.74) is 6.92. The molecule has 2 aliphatic heterocycles. The van der Waals surface area contributed by atoms with Crippen LogP contribution in [0.2, 0.25) is 10.0 Å². The van der Waals surface area contributed by atoms with Gasteiger partial charge in [0, 0.05) is 90.2 Å². The summed E-state index contributed by atoms with van der Waals surface area (Å²) in [6.45, 7) is 2.45. The van der Waals surface area contributed by atoms with Gasteiger partial charge >= 0.3 is 0 Å². The Balaban J connectivity index is 1.09. The smallest absolute Gasteiger partial charge is 0.220 e. The van der Waals surface area contributed by atoms with Gasteiger partial charge in [0.1, 0.15) is 11.3 Å². The van der Waals surface area contributed by atoms with Gasteiger partial charge in [0.05, 0.1) is 29.4 Å². The Labute approximate surface area is 293 Å². The molecule has 7 rings (SSSR count). The van der Waals surface area contributed by atoms with Crippen LogP contribution in [0.25, 0.3) is 44.6 Å². The number of hydrogen-bond donors (Lipinski definition) is 4. The summed E-state index contributed by atoms with van der Waals surface area (Å²) in [5.74, 6) is 1.47. The molecule has 5 heterocycles. The van der Waals surface area contributed by atoms with Gasteiger partial charge in [-0.25, -0.2) is 4.98 Å². The van der Waals surface area contributed by atoms with Crippen molar-refractivity contribution in [2.75, 3.05) is 20.2 Å². The molecule has 2 fully saturated rings. The first-order valence-corrected chi connectivity index (χ1v) is 17.1. The van der Waals surface area contributed by atoms with Crippen molar-refractivity contribution in [3.05, 3.63) is 88.2 Å². The van der Waals surface area contributed by atoms with Gasteiger partial charge in [-0.15, -0.1) is 0 Å². The minimum absolute atomic E-state index is 0.0992. The molecule has 0 saturated carbocycles. The number of amides is 2. The van der Waals surface area contributed by atoms with E-state index in [4.69, 9.17) is 37.3 Å². The third-order valence-electron chi connectivity index (χ3n) is 8.99. The predicted octanol–water partition coefficient (Wildman–Crippen LogP) is 6.28. The maximum Gasteiger partial charge on any atom is 0.220 e. The van der Waals surface area contributed by atoms with E-state index in [1.807, 2.05) is 60.7 Å². The molecular weight excluding hydrogens is 663 g/mol. The van der Waals surface area contributed by atoms with Crippen molar-refractivity contribution in [2.24, 2.45) is 0 Å². The van der Waals surface area contributed by atoms with Crippen LogP contribution in [0.1, 0.15) is 37.0 Å². The van der Waals surface area contributed by atoms with Crippen molar-refractivity contribution in [3.63, 3.8) is 0 Å². The second kappa shape index (κ2) is 14.6. The topological polar surface area (TPSA) is 130 Å². The molecule has 2 aliphatic rings. The first-order chi connectivity index (χ1) is 23.9. The maximum atomic E-state index is 11.5. The molecule has 5 aromatic rings. The Bertz CT molecular complexity index is 2030. The van der Waals surface area contributed by atoms with Gasteiger partial charge in [0.25, 0.3) is 0 Å². The third kappa shape index (κ3) is 7.28. The van der Waals surface area contributed by atoms with Crippen LogP contribution in [0.15, 0.2) is 71.3 Å². The number of carbonyl (C=O) groups is 2. The van der Waals surface area contributed by atoms with Crippen LogP contribution in [0.5, 0.6) is 5.88 Å². The lowest BCUT2D eigenvalue weighted by Gasteiger charge is -2.15. The summed E-state index contributed by atoms with van der Waals surface area (Å²) >= 11 is 14.2. The van der Waals surface area contributed by atoms with Gasteiger partial charge in [-0.05, 0) is 25.0 Å². The first kappa shape index (κ1) is 33.0. The van der Waals surface area contributed by atoms with Crippen molar-refractivity contribution in [1.29, 1.82) is 0 Å². The van der Waals surface area contributed by atoms with E-state index in [9.17, 15) is 9.59 Å². The van der Waals surface area contributed by atoms with E-state index in [2.05, 4.69) is 26.3 Å². The second-order valence-electron chi connectivity index (χ2n) is 12.4. The molecule has 2 atom stereocenters. The molecule has 0 spiro atoms. The molecule has 2 aromatic carbocycles. The zero-order valence-electron chi connectivity index (χ0n) is 26.9. The van der Waals surface area contributed by atoms with Gasteiger partial charge in [0.2, 0.25) is 17.7 Å². The lowest BCUT2D eigenvalue weighted by atomic mass is 9.97. The molecule has 0 radical (unpaired) electrons. The fraction of sp³-hybridized carbons (Fsp3) is 0.297. The van der Waals surface area contributed by atoms with Crippen molar-refractivity contribution < 1.29 is 18.7 Å². The van der Waals surface area contributed by atoms with Crippen LogP contribution >= 0.6 is 23.2 Å². The van der Waals surface area contributed by atoms with E-state index >= 15 is 0 Å². The number of nitrogens with one attached hydrogen (secondary N) is 4. The highest BCUT2D eigenvalue weighted by molar-refractivity contribution is 6.39. The van der Waals surface area contributed by atoms with E-state index in [0.29, 0.717) is 66.2 Å². The number of rotatable bonds is 12. The lowest BCUT2D eigenvalue weighted by molar-refractivity contribution is -0.120. The van der Waals surface area contributed by atoms with E-state index in [1.54, 1.807) is 13.3 Å². The molecule has 2 saturated heterocycles. The largest absolute Gasteiger partial charge is 0.481 e. The maximum absolute atomic E-state index is 11.5. The molecule has 2 amide bonds. The lowest BCUT2D eigenvalue weighted by Crippen LogP contribution is -2.35. The second-order valence-corrected chi connectivity index (χ2v) is 13.1. The molecule has 0 bridgehead atoms. The number of halogens is 2. The van der Waals surface area contributed by atoms with Gasteiger partial charge < -0.3 is 30.4 Å². The molecule has 0 unspecified atom stereocenters. The Morgan fingerprint density at radius 1 is 0.837 bits per heavy atom. The number of furan rings is 1. The van der Waals surface area contributed by atoms with E-state index < -0.39 is 0 Å². The average molecular weight is 700 g/mol. The molecule has 10 nitrogen and oxygen atoms in total. The zero-order valence-corrected chi connectivity index (χ0v) is 28.5. The number of benzene rings is 2. The summed E-state index contributed by atoms with van der Waals surface area (Å²) in [7, 11) is 1.60. The minimum Gasteiger partial charge on any atom is -0.481 e. The average Bonchev–Trinajstić information content (AvgIpc) is 3.84. The molecule has 252 valence electrons. The van der Waals surface area contributed by atoms with E-state index in [0.717, 1.165) is 57.5 Å². The normalized spacial score (nSPS) is 17.4. The standard InChI is InChI=1S/C37H36Cl2N6O4/c1-48-37-21(16-40-18-23-9-12-33(46)43-23)8-11-30(45-37)29-7-3-6-28(36(29)39)27-5-2-4-26(35(27)38)22-14-32-31(42-17-22)15-25(49-32)20-41-19-24-10-13-34(47)44-24/h2-8,11,14-15,17,23-24,40-41H,9-10,12-13,16,18-20H2,1H3,(H,43,46)(H,44,47)/t23-,24+/m0/s1. The molecule has 4 N–H and O–H groups in total. The van der Waals surface area contributed by atoms with Gasteiger partial charge in [-0.2, -0.15) is 0 Å². The Morgan fingerprint density at radius 2 is 1.47 bits per heavy atom. The van der Waals surface area contributed by atoms with Crippen LogP contribution in [-0.4, -0.2) is 54.1 Å². The number of hydrogen-bond acceptors (Lipinski definition) is 8. The first-order valence-electron chi connectivity index (χ1n) is 16.4. The molecule has 3 aromatic heterocycles. The quantitative estimate of drug-likeness (QED) is 0.120. The fourth-order valence-corrected chi connectivity index (χ4v) is 7.11. The number of carbonyl (C=O) groups excluding carboxylic acids is 2. The van der Waals surface area contributed by atoms with Crippen LogP contribution < -0.4 is 26.0 Å². The predicted molar refractivity (Wildman–Crippen MR) is 190 cm³/mol. The summed E-state index contributed by atoms with van der Waals surface area (Å²) < 4.78 is 11.8. The monoisotopic (exact) mass is 698 g/mol. The highest BCUT2D eigenvalue weighted by Crippen LogP contribution is 2.42. The number of pyridine rings is 2. The number of ether oxygens (including phenoxy) is 1. The van der Waals surface area contributed by atoms with E-state index in [-0.39, 0.29) is 23.9 Å². The number of nitrogens with zero attached hydrogens (tertiary/aromatic N) is 2. The Hall–Kier alpha value is -4.48. The Kier molecular flexibility index (Phi) is 9.81. The summed E-state index contributed by atoms with van der Waals surface area (Å²) in [6, 6.07) is 19.7. The van der Waals surface area contributed by atoms with Gasteiger partial charge in [0.15, 0.2) is 5.58 Å². The summed E-state index contributed by atoms with van der Waals surface area (Å²) in [6.07, 6.45) is 4.62. The van der Waals surface area contributed by atoms with Crippen molar-refractivity contribution in [2.45, 2.75) is 50.9 Å². The van der Waals surface area contributed by atoms with Crippen molar-refractivity contribution in [3.8, 4) is 39.4 Å². The highest BCUT2D eigenvalue weighted by atomic mass is 35.5. The number of aromatic nitrogens is 2. The van der Waals surface area contributed by atoms with E-state index in [1.165, 1.54) is 0 Å². The van der Waals surface area contributed by atoms with Crippen molar-refractivity contribution in [1.82, 2.24) is 31.2 Å². The molecule has 0 aliphatic carbocycles. The minimum atomic E-state index is 0.0992. The van der Waals surface area contributed by atoms with Crippen molar-refractivity contribution >= 4 is 46.1 Å². The van der Waals surface area contributed by atoms with Crippen LogP contribution in [0.3, 0.4) is 0 Å². The van der Waals surface area contributed by atoms with Crippen LogP contribution in [0, 0.1) is 0 Å². The third-order valence-corrected chi connectivity index (χ3v) is 9.81. The molecule has 12 heteroatoms. The van der Waals surface area contributed by atoms with Crippen LogP contribution in [0.4, 0.5) is 0 Å². The number of fused-ring (bicyclic) bond motifs is 1. The summed E-state index contributed by atoms with van der Waals surface area (Å²) in [4.78, 5) is 32.4. The highest BCUT2D eigenvalue weighted by Gasteiger charge is 2.22. The van der Waals surface area contributed by atoms with Crippen LogP contribution in [-0.2, 0) is 22.7 Å². The summed E-state index contributed by atoms with van der Waals surface area (Å²) in [5, 5.41) is 13.8. The van der Waals surface area contributed by atoms with Gasteiger partial charge in [-0.3, -0.25) is 14.6 Å². The fourth-order valence-electron chi connectivity index (χ4n) is 6.45. The number of methoxy groups -OCH3 is 1. The Morgan fingerprint density at radius 3 is 2.12 bits per heavy atom. The zero-order chi connectivity index (χ0) is 33.9. The van der Waals surface area contributed by atoms with Gasteiger partial charge in [-0.1, -0.05) is 65.7 Å². The molecule has 49 heavy (non-hydrogen) atoms. The SMILES string of the molecule is COc1nc(-c2cccc(-c3cccc(-c4cnc5cc(CNC[C@H]6CCC(=O)N6)oc5c4)c3Cl)c2Cl)ccc1CNC[C@@H]1CCC(=O)N1. The molecular formula is C37H36Cl2N6O4.